The van der Waals surface area contributed by atoms with Crippen LogP contribution in [0.1, 0.15) is 39.5 Å². The van der Waals surface area contributed by atoms with E-state index < -0.39 is 22.8 Å². The van der Waals surface area contributed by atoms with Crippen LogP contribution in [0.3, 0.4) is 0 Å². The van der Waals surface area contributed by atoms with Crippen molar-refractivity contribution in [1.29, 1.82) is 0 Å². The number of rotatable bonds is 17. The van der Waals surface area contributed by atoms with Crippen LogP contribution in [0.4, 0.5) is 11.4 Å². The van der Waals surface area contributed by atoms with Crippen LogP contribution >= 0.6 is 0 Å². The first-order chi connectivity index (χ1) is 21.6. The van der Waals surface area contributed by atoms with Crippen molar-refractivity contribution >= 4 is 35.7 Å². The third-order valence-electron chi connectivity index (χ3n) is 7.45. The number of carboxylic acid groups (broad SMARTS) is 3. The molecule has 45 heavy (non-hydrogen) atoms. The average Bonchev–Trinajstić information content (AvgIpc) is 2.99. The summed E-state index contributed by atoms with van der Waals surface area (Å²) in [6.45, 7) is 10.0. The third-order valence-corrected chi connectivity index (χ3v) is 7.45. The van der Waals surface area contributed by atoms with Crippen LogP contribution in [0.25, 0.3) is 0 Å². The van der Waals surface area contributed by atoms with Gasteiger partial charge < -0.3 is 36.2 Å². The first-order valence-corrected chi connectivity index (χ1v) is 15.5. The van der Waals surface area contributed by atoms with Crippen molar-refractivity contribution in [3.05, 3.63) is 20.4 Å². The summed E-state index contributed by atoms with van der Waals surface area (Å²) in [6, 6.07) is 0. The molecule has 2 rings (SSSR count). The van der Waals surface area contributed by atoms with Crippen molar-refractivity contribution in [3.63, 3.8) is 0 Å². The Morgan fingerprint density at radius 2 is 1.09 bits per heavy atom. The van der Waals surface area contributed by atoms with E-state index in [0.29, 0.717) is 71.1 Å². The van der Waals surface area contributed by atoms with Gasteiger partial charge in [-0.15, -0.1) is 0 Å². The minimum Gasteiger partial charge on any atom is -0.483 e. The molecule has 256 valence electrons. The quantitative estimate of drug-likeness (QED) is 0.0678. The lowest BCUT2D eigenvalue weighted by Crippen LogP contribution is -2.49. The fraction of sp³-hybridized carbons (Fsp3) is 0.724. The lowest BCUT2D eigenvalue weighted by Gasteiger charge is -2.33. The Kier molecular flexibility index (Phi) is 20.0. The first-order valence-electron chi connectivity index (χ1n) is 15.5. The molecule has 0 unspecified atom stereocenters. The fourth-order valence-corrected chi connectivity index (χ4v) is 4.89. The summed E-state index contributed by atoms with van der Waals surface area (Å²) in [6.07, 6.45) is 4.22. The van der Waals surface area contributed by atoms with Gasteiger partial charge in [-0.1, -0.05) is 33.1 Å². The summed E-state index contributed by atoms with van der Waals surface area (Å²) >= 11 is 0. The number of nitrogens with zero attached hydrogens (tertiary/aromatic N) is 4. The number of aliphatic carboxylic acids is 2. The molecule has 1 amide bonds. The predicted molar refractivity (Wildman–Crippen MR) is 171 cm³/mol. The smallest absolute Gasteiger partial charge is 0.317 e. The summed E-state index contributed by atoms with van der Waals surface area (Å²) in [4.78, 5) is 75.6. The molecular formula is C29H51N7O9. The van der Waals surface area contributed by atoms with Crippen molar-refractivity contribution < 1.29 is 34.5 Å². The Balaban J connectivity index is 0.00000324. The number of amides is 1. The lowest BCUT2D eigenvalue weighted by molar-refractivity contribution is -0.140. The number of hydrogen-bond donors (Lipinski definition) is 6. The molecule has 1 aromatic rings. The minimum atomic E-state index is -0.961. The van der Waals surface area contributed by atoms with Gasteiger partial charge in [-0.25, -0.2) is 0 Å². The Morgan fingerprint density at radius 1 is 0.667 bits per heavy atom. The molecule has 0 aliphatic carbocycles. The van der Waals surface area contributed by atoms with Crippen LogP contribution in [0.5, 0.6) is 0 Å². The number of carbonyl (C=O) groups excluding carboxylic acids is 1. The highest BCUT2D eigenvalue weighted by molar-refractivity contribution is 5.78. The Bertz CT molecular complexity index is 1110. The number of carboxylic acids is 2. The molecule has 1 fully saturated rings. The molecule has 0 radical (unpaired) electrons. The molecule has 0 saturated carbocycles. The van der Waals surface area contributed by atoms with Gasteiger partial charge >= 0.3 is 11.9 Å². The average molecular weight is 642 g/mol. The van der Waals surface area contributed by atoms with E-state index in [1.165, 1.54) is 0 Å². The van der Waals surface area contributed by atoms with Gasteiger partial charge in [-0.3, -0.25) is 43.5 Å². The highest BCUT2D eigenvalue weighted by Crippen LogP contribution is 2.14. The highest BCUT2D eigenvalue weighted by Gasteiger charge is 2.21. The monoisotopic (exact) mass is 641 g/mol. The third kappa shape index (κ3) is 16.3. The highest BCUT2D eigenvalue weighted by atomic mass is 16.4. The van der Waals surface area contributed by atoms with E-state index in [-0.39, 0.29) is 44.2 Å². The number of hydrogen-bond acceptors (Lipinski definition) is 12. The van der Waals surface area contributed by atoms with Gasteiger partial charge in [0.2, 0.25) is 5.91 Å². The zero-order chi connectivity index (χ0) is 33.6. The summed E-state index contributed by atoms with van der Waals surface area (Å²) in [5, 5.41) is 34.4. The fourth-order valence-electron chi connectivity index (χ4n) is 4.89. The van der Waals surface area contributed by atoms with E-state index in [1.807, 2.05) is 16.7 Å². The normalized spacial score (nSPS) is 16.0. The zero-order valence-electron chi connectivity index (χ0n) is 26.6. The van der Waals surface area contributed by atoms with Crippen LogP contribution in [0.15, 0.2) is 9.59 Å². The van der Waals surface area contributed by atoms with E-state index in [0.717, 1.165) is 32.2 Å². The summed E-state index contributed by atoms with van der Waals surface area (Å²) in [5.74, 6) is -2.07. The van der Waals surface area contributed by atoms with Gasteiger partial charge in [0.25, 0.3) is 17.3 Å². The van der Waals surface area contributed by atoms with E-state index in [2.05, 4.69) is 27.8 Å². The van der Waals surface area contributed by atoms with Crippen molar-refractivity contribution in [2.45, 2.75) is 39.5 Å². The largest absolute Gasteiger partial charge is 0.483 e. The van der Waals surface area contributed by atoms with Gasteiger partial charge in [0.1, 0.15) is 11.4 Å². The van der Waals surface area contributed by atoms with Gasteiger partial charge in [0.15, 0.2) is 0 Å². The van der Waals surface area contributed by atoms with Crippen molar-refractivity contribution in [2.75, 3.05) is 109 Å². The Morgan fingerprint density at radius 3 is 1.51 bits per heavy atom. The van der Waals surface area contributed by atoms with Crippen LogP contribution in [-0.2, 0) is 19.2 Å². The van der Waals surface area contributed by atoms with Crippen molar-refractivity contribution in [1.82, 2.24) is 24.9 Å². The van der Waals surface area contributed by atoms with Crippen LogP contribution in [-0.4, -0.2) is 157 Å². The number of likely N-dealkylation sites (N-methyl/N-ethyl adjacent to an activating group) is 1. The first kappa shape index (κ1) is 39.4. The standard InChI is InChI=1S/C28H49N7O7.CH2O2/c1-3-5-6-7-8-30-25-26(28(42)27(25)41)31-10-9-29-22(36)19-33-13-11-32(4-2)12-14-34(20-23(37)38)17-18-35(16-15-33)21-24(39)40;2-1-3/h30-31H,3-21H2,1-2H3,(H,29,36)(H,37,38)(H,39,40);1H,(H,2,3). The molecule has 0 aromatic heterocycles. The molecule has 16 heteroatoms. The van der Waals surface area contributed by atoms with Crippen LogP contribution < -0.4 is 26.8 Å². The van der Waals surface area contributed by atoms with Gasteiger partial charge in [-0.05, 0) is 13.0 Å². The zero-order valence-corrected chi connectivity index (χ0v) is 26.6. The van der Waals surface area contributed by atoms with Gasteiger partial charge in [0.05, 0.1) is 19.6 Å². The molecule has 0 atom stereocenters. The molecule has 1 aromatic carbocycles. The second kappa shape index (κ2) is 22.8. The molecule has 1 heterocycles. The van der Waals surface area contributed by atoms with E-state index in [1.54, 1.807) is 4.90 Å². The molecule has 1 saturated heterocycles. The van der Waals surface area contributed by atoms with E-state index in [9.17, 15) is 34.2 Å². The Labute approximate surface area is 264 Å². The lowest BCUT2D eigenvalue weighted by atomic mass is 10.1. The summed E-state index contributed by atoms with van der Waals surface area (Å²) < 4.78 is 0. The molecule has 6 N–H and O–H groups in total. The molecule has 1 aliphatic rings. The van der Waals surface area contributed by atoms with E-state index >= 15 is 0 Å². The second-order valence-corrected chi connectivity index (χ2v) is 10.8. The van der Waals surface area contributed by atoms with Gasteiger partial charge in [-0.2, -0.15) is 0 Å². The number of nitrogens with one attached hydrogen (secondary N) is 3. The molecule has 16 nitrogen and oxygen atoms in total. The van der Waals surface area contributed by atoms with Crippen molar-refractivity contribution in [3.8, 4) is 0 Å². The van der Waals surface area contributed by atoms with E-state index in [4.69, 9.17) is 9.90 Å². The second-order valence-electron chi connectivity index (χ2n) is 10.8. The SMILES string of the molecule is CCCCCCNc1c(NCCNC(=O)CN2CCN(CC)CCN(CC(=O)O)CCN(CC(=O)O)CC2)c(=O)c1=O.O=CO. The van der Waals surface area contributed by atoms with Gasteiger partial charge in [0, 0.05) is 72.0 Å². The topological polar surface area (TPSA) is 212 Å². The van der Waals surface area contributed by atoms with Crippen molar-refractivity contribution in [2.24, 2.45) is 0 Å². The number of carbonyl (C=O) groups is 4. The maximum Gasteiger partial charge on any atom is 0.317 e. The number of anilines is 2. The molecule has 1 aliphatic heterocycles. The maximum absolute atomic E-state index is 12.8. The maximum atomic E-state index is 12.8. The molecule has 0 spiro atoms. The molecule has 0 bridgehead atoms. The van der Waals surface area contributed by atoms with Crippen LogP contribution in [0.2, 0.25) is 0 Å². The van der Waals surface area contributed by atoms with Crippen LogP contribution in [0, 0.1) is 0 Å². The molecular weight excluding hydrogens is 590 g/mol. The Hall–Kier alpha value is -3.60. The predicted octanol–water partition coefficient (Wildman–Crippen LogP) is -1.09. The summed E-state index contributed by atoms with van der Waals surface area (Å²) in [5.41, 5.74) is -0.471. The number of unbranched alkanes of at least 4 members (excludes halogenated alkanes) is 3. The summed E-state index contributed by atoms with van der Waals surface area (Å²) in [7, 11) is 0. The minimum absolute atomic E-state index is 0.0990.